The van der Waals surface area contributed by atoms with Crippen molar-refractivity contribution in [3.05, 3.63) is 27.7 Å². The summed E-state index contributed by atoms with van der Waals surface area (Å²) >= 11 is 9.34. The van der Waals surface area contributed by atoms with E-state index in [4.69, 9.17) is 11.6 Å². The molecule has 0 saturated carbocycles. The molecule has 0 atom stereocenters. The number of nitrogens with one attached hydrogen (secondary N) is 1. The quantitative estimate of drug-likeness (QED) is 0.836. The summed E-state index contributed by atoms with van der Waals surface area (Å²) in [5.41, 5.74) is 0.973. The molecule has 1 aromatic carbocycles. The van der Waals surface area contributed by atoms with Crippen LogP contribution in [0.5, 0.6) is 0 Å². The molecule has 0 heterocycles. The zero-order chi connectivity index (χ0) is 9.14. The summed E-state index contributed by atoms with van der Waals surface area (Å²) in [4.78, 5) is 0. The Labute approximate surface area is 86.2 Å². The summed E-state index contributed by atoms with van der Waals surface area (Å²) in [5, 5.41) is 4.01. The Morgan fingerprint density at radius 2 is 2.08 bits per heavy atom. The molecular formula is C9H11BrClN. The highest BCUT2D eigenvalue weighted by atomic mass is 79.9. The summed E-state index contributed by atoms with van der Waals surface area (Å²) in [6.45, 7) is 4.16. The minimum Gasteiger partial charge on any atom is -0.382 e. The van der Waals surface area contributed by atoms with Crippen LogP contribution in [-0.2, 0) is 0 Å². The van der Waals surface area contributed by atoms with Gasteiger partial charge < -0.3 is 5.32 Å². The Hall–Kier alpha value is -0.210. The Morgan fingerprint density at radius 1 is 1.42 bits per heavy atom. The van der Waals surface area contributed by atoms with Crippen LogP contribution in [0.4, 0.5) is 5.69 Å². The Bertz CT molecular complexity index is 273. The van der Waals surface area contributed by atoms with E-state index in [1.165, 1.54) is 0 Å². The molecule has 0 radical (unpaired) electrons. The maximum absolute atomic E-state index is 5.96. The first-order chi connectivity index (χ1) is 5.59. The van der Waals surface area contributed by atoms with Gasteiger partial charge in [-0.1, -0.05) is 27.5 Å². The molecular weight excluding hydrogens is 237 g/mol. The van der Waals surface area contributed by atoms with Crippen LogP contribution in [0.15, 0.2) is 22.7 Å². The molecule has 1 nitrogen and oxygen atoms in total. The lowest BCUT2D eigenvalue weighted by atomic mass is 10.3. The number of rotatable bonds is 2. The van der Waals surface area contributed by atoms with Gasteiger partial charge in [0.25, 0.3) is 0 Å². The van der Waals surface area contributed by atoms with Crippen molar-refractivity contribution in [1.82, 2.24) is 0 Å². The van der Waals surface area contributed by atoms with E-state index in [1.54, 1.807) is 0 Å². The Balaban J connectivity index is 2.90. The molecule has 0 fully saturated rings. The third kappa shape index (κ3) is 2.68. The van der Waals surface area contributed by atoms with Crippen LogP contribution in [0.25, 0.3) is 0 Å². The van der Waals surface area contributed by atoms with E-state index < -0.39 is 0 Å². The average Bonchev–Trinajstić information content (AvgIpc) is 1.96. The molecule has 0 aliphatic carbocycles. The molecule has 66 valence electrons. The van der Waals surface area contributed by atoms with Crippen molar-refractivity contribution in [1.29, 1.82) is 0 Å². The van der Waals surface area contributed by atoms with Gasteiger partial charge in [-0.05, 0) is 32.0 Å². The first-order valence-electron chi connectivity index (χ1n) is 3.81. The van der Waals surface area contributed by atoms with E-state index >= 15 is 0 Å². The average molecular weight is 249 g/mol. The van der Waals surface area contributed by atoms with Crippen LogP contribution >= 0.6 is 27.5 Å². The third-order valence-electron chi connectivity index (χ3n) is 1.37. The van der Waals surface area contributed by atoms with E-state index in [0.29, 0.717) is 6.04 Å². The number of hydrogen-bond acceptors (Lipinski definition) is 1. The smallest absolute Gasteiger partial charge is 0.0638 e. The highest BCUT2D eigenvalue weighted by Crippen LogP contribution is 2.25. The molecule has 0 spiro atoms. The predicted molar refractivity (Wildman–Crippen MR) is 57.9 cm³/mol. The van der Waals surface area contributed by atoms with E-state index in [0.717, 1.165) is 15.2 Å². The van der Waals surface area contributed by atoms with Crippen molar-refractivity contribution in [2.24, 2.45) is 0 Å². The van der Waals surface area contributed by atoms with Gasteiger partial charge in [0.15, 0.2) is 0 Å². The number of halogens is 2. The molecule has 0 unspecified atom stereocenters. The van der Waals surface area contributed by atoms with E-state index in [1.807, 2.05) is 18.2 Å². The fourth-order valence-corrected chi connectivity index (χ4v) is 1.45. The molecule has 0 aromatic heterocycles. The minimum atomic E-state index is 0.400. The van der Waals surface area contributed by atoms with Gasteiger partial charge in [-0.2, -0.15) is 0 Å². The number of benzene rings is 1. The van der Waals surface area contributed by atoms with Crippen molar-refractivity contribution >= 4 is 33.2 Å². The summed E-state index contributed by atoms with van der Waals surface area (Å²) < 4.78 is 1.04. The second-order valence-corrected chi connectivity index (χ2v) is 4.25. The summed E-state index contributed by atoms with van der Waals surface area (Å²) in [6, 6.07) is 6.17. The first-order valence-corrected chi connectivity index (χ1v) is 4.98. The van der Waals surface area contributed by atoms with Gasteiger partial charge in [0.1, 0.15) is 0 Å². The molecule has 1 aromatic rings. The van der Waals surface area contributed by atoms with Crippen LogP contribution < -0.4 is 5.32 Å². The summed E-state index contributed by atoms with van der Waals surface area (Å²) in [5.74, 6) is 0. The summed E-state index contributed by atoms with van der Waals surface area (Å²) in [6.07, 6.45) is 0. The lowest BCUT2D eigenvalue weighted by Gasteiger charge is -2.11. The first kappa shape index (κ1) is 9.87. The Morgan fingerprint density at radius 3 is 2.67 bits per heavy atom. The van der Waals surface area contributed by atoms with Crippen molar-refractivity contribution in [3.8, 4) is 0 Å². The van der Waals surface area contributed by atoms with Crippen molar-refractivity contribution in [2.45, 2.75) is 19.9 Å². The molecule has 12 heavy (non-hydrogen) atoms. The van der Waals surface area contributed by atoms with Crippen LogP contribution in [0.2, 0.25) is 5.02 Å². The maximum atomic E-state index is 5.96. The maximum Gasteiger partial charge on any atom is 0.0638 e. The SMILES string of the molecule is CC(C)Nc1cc(Br)ccc1Cl. The van der Waals surface area contributed by atoms with Crippen molar-refractivity contribution in [3.63, 3.8) is 0 Å². The van der Waals surface area contributed by atoms with Gasteiger partial charge in [-0.15, -0.1) is 0 Å². The predicted octanol–water partition coefficient (Wildman–Crippen LogP) is 3.92. The minimum absolute atomic E-state index is 0.400. The fraction of sp³-hybridized carbons (Fsp3) is 0.333. The van der Waals surface area contributed by atoms with Gasteiger partial charge >= 0.3 is 0 Å². The standard InChI is InChI=1S/C9H11BrClN/c1-6(2)12-9-5-7(10)3-4-8(9)11/h3-6,12H,1-2H3. The van der Waals surface area contributed by atoms with E-state index in [2.05, 4.69) is 35.1 Å². The summed E-state index contributed by atoms with van der Waals surface area (Å²) in [7, 11) is 0. The van der Waals surface area contributed by atoms with Gasteiger partial charge in [0.2, 0.25) is 0 Å². The molecule has 0 aliphatic heterocycles. The zero-order valence-corrected chi connectivity index (χ0v) is 9.41. The second-order valence-electron chi connectivity index (χ2n) is 2.92. The zero-order valence-electron chi connectivity index (χ0n) is 7.07. The highest BCUT2D eigenvalue weighted by Gasteiger charge is 2.01. The van der Waals surface area contributed by atoms with Crippen LogP contribution in [0.3, 0.4) is 0 Å². The number of hydrogen-bond donors (Lipinski definition) is 1. The molecule has 0 amide bonds. The number of anilines is 1. The molecule has 3 heteroatoms. The van der Waals surface area contributed by atoms with E-state index in [-0.39, 0.29) is 0 Å². The van der Waals surface area contributed by atoms with Crippen molar-refractivity contribution < 1.29 is 0 Å². The lowest BCUT2D eigenvalue weighted by molar-refractivity contribution is 0.899. The molecule has 0 aliphatic rings. The lowest BCUT2D eigenvalue weighted by Crippen LogP contribution is -2.09. The molecule has 0 saturated heterocycles. The molecule has 1 rings (SSSR count). The monoisotopic (exact) mass is 247 g/mol. The topological polar surface area (TPSA) is 12.0 Å². The van der Waals surface area contributed by atoms with Crippen LogP contribution in [-0.4, -0.2) is 6.04 Å². The van der Waals surface area contributed by atoms with Crippen LogP contribution in [0, 0.1) is 0 Å². The third-order valence-corrected chi connectivity index (χ3v) is 2.20. The largest absolute Gasteiger partial charge is 0.382 e. The van der Waals surface area contributed by atoms with Crippen LogP contribution in [0.1, 0.15) is 13.8 Å². The fourth-order valence-electron chi connectivity index (χ4n) is 0.919. The normalized spacial score (nSPS) is 10.4. The van der Waals surface area contributed by atoms with E-state index in [9.17, 15) is 0 Å². The second kappa shape index (κ2) is 4.15. The van der Waals surface area contributed by atoms with Crippen molar-refractivity contribution in [2.75, 3.05) is 5.32 Å². The Kier molecular flexibility index (Phi) is 3.41. The van der Waals surface area contributed by atoms with Gasteiger partial charge in [-0.25, -0.2) is 0 Å². The van der Waals surface area contributed by atoms with Gasteiger partial charge in [0.05, 0.1) is 10.7 Å². The molecule has 1 N–H and O–H groups in total. The highest BCUT2D eigenvalue weighted by molar-refractivity contribution is 9.10. The van der Waals surface area contributed by atoms with Gasteiger partial charge in [0, 0.05) is 10.5 Å². The molecule has 0 bridgehead atoms. The van der Waals surface area contributed by atoms with Gasteiger partial charge in [-0.3, -0.25) is 0 Å².